The summed E-state index contributed by atoms with van der Waals surface area (Å²) in [6.07, 6.45) is 2.92. The number of carbonyl (C=O) groups is 2. The molecule has 5 nitrogen and oxygen atoms in total. The van der Waals surface area contributed by atoms with Crippen molar-refractivity contribution in [2.45, 2.75) is 18.2 Å². The van der Waals surface area contributed by atoms with E-state index >= 15 is 0 Å². The van der Waals surface area contributed by atoms with E-state index in [1.165, 1.54) is 12.1 Å². The summed E-state index contributed by atoms with van der Waals surface area (Å²) in [4.78, 5) is 25.5. The van der Waals surface area contributed by atoms with E-state index in [9.17, 15) is 19.1 Å². The second-order valence-electron chi connectivity index (χ2n) is 6.04. The molecule has 2 bridgehead atoms. The number of carbonyl (C=O) groups excluding carboxylic acids is 2. The molecule has 0 aromatic heterocycles. The van der Waals surface area contributed by atoms with Gasteiger partial charge in [0, 0.05) is 18.4 Å². The summed E-state index contributed by atoms with van der Waals surface area (Å²) >= 11 is 0. The zero-order chi connectivity index (χ0) is 15.5. The lowest BCUT2D eigenvalue weighted by Gasteiger charge is -2.24. The molecular weight excluding hydrogens is 289 g/mol. The van der Waals surface area contributed by atoms with Crippen LogP contribution in [0.25, 0.3) is 0 Å². The highest BCUT2D eigenvalue weighted by molar-refractivity contribution is 5.90. The average molecular weight is 302 g/mol. The van der Waals surface area contributed by atoms with Crippen LogP contribution < -0.4 is 5.11 Å². The Morgan fingerprint density at radius 1 is 1.41 bits per heavy atom. The van der Waals surface area contributed by atoms with Gasteiger partial charge in [-0.05, 0) is 17.7 Å². The largest absolute Gasteiger partial charge is 0.550 e. The van der Waals surface area contributed by atoms with E-state index in [0.29, 0.717) is 13.1 Å². The first-order chi connectivity index (χ1) is 10.5. The van der Waals surface area contributed by atoms with Crippen molar-refractivity contribution in [3.05, 3.63) is 47.8 Å². The maximum Gasteiger partial charge on any atom is 0.230 e. The van der Waals surface area contributed by atoms with E-state index in [2.05, 4.69) is 0 Å². The Bertz CT molecular complexity index is 686. The molecule has 0 unspecified atom stereocenters. The third-order valence-corrected chi connectivity index (χ3v) is 4.74. The van der Waals surface area contributed by atoms with Gasteiger partial charge >= 0.3 is 0 Å². The van der Waals surface area contributed by atoms with Crippen molar-refractivity contribution < 1.29 is 23.8 Å². The van der Waals surface area contributed by atoms with Crippen LogP contribution in [-0.2, 0) is 20.9 Å². The minimum absolute atomic E-state index is 0.245. The topological polar surface area (TPSA) is 69.7 Å². The van der Waals surface area contributed by atoms with Crippen LogP contribution in [0.2, 0.25) is 0 Å². The van der Waals surface area contributed by atoms with Crippen LogP contribution in [-0.4, -0.2) is 35.0 Å². The van der Waals surface area contributed by atoms with E-state index in [1.54, 1.807) is 29.2 Å². The maximum atomic E-state index is 12.9. The van der Waals surface area contributed by atoms with Crippen LogP contribution in [0.1, 0.15) is 5.56 Å². The molecule has 1 aromatic carbocycles. The standard InChI is InChI=1S/C16H14FNO4/c17-10-3-1-9(2-4-10)7-18-8-16-6-5-11(22-16)12(15(20)21)13(16)14(18)19/h1-6,11-13H,7-8H2,(H,20,21)/p-1/t11-,12-,13+,16+/m0/s1. The Kier molecular flexibility index (Phi) is 2.69. The van der Waals surface area contributed by atoms with Gasteiger partial charge in [-0.15, -0.1) is 0 Å². The number of rotatable bonds is 3. The highest BCUT2D eigenvalue weighted by atomic mass is 19.1. The molecule has 114 valence electrons. The fraction of sp³-hybridized carbons (Fsp3) is 0.375. The van der Waals surface area contributed by atoms with Gasteiger partial charge in [0.05, 0.1) is 18.6 Å². The number of likely N-dealkylation sites (tertiary alicyclic amines) is 1. The molecule has 3 aliphatic heterocycles. The number of carboxylic acid groups (broad SMARTS) is 1. The Labute approximate surface area is 126 Å². The van der Waals surface area contributed by atoms with Crippen molar-refractivity contribution in [1.29, 1.82) is 0 Å². The van der Waals surface area contributed by atoms with E-state index in [1.807, 2.05) is 0 Å². The molecule has 4 rings (SSSR count). The van der Waals surface area contributed by atoms with Gasteiger partial charge in [0.1, 0.15) is 11.4 Å². The predicted octanol–water partition coefficient (Wildman–Crippen LogP) is -0.142. The number of benzene rings is 1. The van der Waals surface area contributed by atoms with Crippen LogP contribution in [0.4, 0.5) is 4.39 Å². The van der Waals surface area contributed by atoms with Crippen LogP contribution >= 0.6 is 0 Å². The normalized spacial score (nSPS) is 35.2. The summed E-state index contributed by atoms with van der Waals surface area (Å²) in [5.41, 5.74) is -0.0679. The first-order valence-electron chi connectivity index (χ1n) is 7.11. The minimum Gasteiger partial charge on any atom is -0.550 e. The summed E-state index contributed by atoms with van der Waals surface area (Å²) in [7, 11) is 0. The molecule has 1 spiro atoms. The third-order valence-electron chi connectivity index (χ3n) is 4.74. The Morgan fingerprint density at radius 3 is 2.82 bits per heavy atom. The SMILES string of the molecule is O=C([O-])[C@H]1[C@@H]2C=C[C@]3(CN(Cc4ccc(F)cc4)C(=O)[C@@H]13)O2. The average Bonchev–Trinajstić information content (AvgIpc) is 3.10. The van der Waals surface area contributed by atoms with Gasteiger partial charge in [0.25, 0.3) is 0 Å². The number of aliphatic carboxylic acids is 1. The molecule has 0 saturated carbocycles. The van der Waals surface area contributed by atoms with E-state index < -0.39 is 29.5 Å². The number of ether oxygens (including phenoxy) is 1. The quantitative estimate of drug-likeness (QED) is 0.729. The first-order valence-corrected chi connectivity index (χ1v) is 7.11. The number of halogens is 1. The van der Waals surface area contributed by atoms with Gasteiger partial charge < -0.3 is 19.5 Å². The van der Waals surface area contributed by atoms with Gasteiger partial charge in [0.15, 0.2) is 0 Å². The highest BCUT2D eigenvalue weighted by Gasteiger charge is 2.65. The summed E-state index contributed by atoms with van der Waals surface area (Å²) in [6, 6.07) is 5.89. The molecule has 0 N–H and O–H groups in total. The molecular formula is C16H13FNO4-. The minimum atomic E-state index is -1.25. The molecule has 0 aliphatic carbocycles. The maximum absolute atomic E-state index is 12.9. The Hall–Kier alpha value is -2.21. The van der Waals surface area contributed by atoms with Gasteiger partial charge in [-0.2, -0.15) is 0 Å². The van der Waals surface area contributed by atoms with Crippen LogP contribution in [0.5, 0.6) is 0 Å². The van der Waals surface area contributed by atoms with Crippen molar-refractivity contribution in [3.63, 3.8) is 0 Å². The fourth-order valence-corrected chi connectivity index (χ4v) is 3.79. The number of amides is 1. The van der Waals surface area contributed by atoms with Crippen molar-refractivity contribution in [3.8, 4) is 0 Å². The fourth-order valence-electron chi connectivity index (χ4n) is 3.79. The second kappa shape index (κ2) is 4.39. The number of nitrogens with zero attached hydrogens (tertiary/aromatic N) is 1. The van der Waals surface area contributed by atoms with Crippen molar-refractivity contribution in [2.75, 3.05) is 6.54 Å². The van der Waals surface area contributed by atoms with Gasteiger partial charge in [-0.25, -0.2) is 4.39 Å². The molecule has 6 heteroatoms. The Morgan fingerprint density at radius 2 is 2.14 bits per heavy atom. The molecule has 3 heterocycles. The summed E-state index contributed by atoms with van der Waals surface area (Å²) < 4.78 is 18.7. The molecule has 1 amide bonds. The lowest BCUT2D eigenvalue weighted by Crippen LogP contribution is -2.45. The number of carboxylic acids is 1. The van der Waals surface area contributed by atoms with E-state index in [0.717, 1.165) is 5.56 Å². The van der Waals surface area contributed by atoms with Crippen LogP contribution in [0.3, 0.4) is 0 Å². The number of hydrogen-bond donors (Lipinski definition) is 0. The molecule has 22 heavy (non-hydrogen) atoms. The van der Waals surface area contributed by atoms with Crippen LogP contribution in [0, 0.1) is 17.7 Å². The zero-order valence-electron chi connectivity index (χ0n) is 11.6. The van der Waals surface area contributed by atoms with Crippen molar-refractivity contribution >= 4 is 11.9 Å². The van der Waals surface area contributed by atoms with Gasteiger partial charge in [-0.1, -0.05) is 24.3 Å². The highest BCUT2D eigenvalue weighted by Crippen LogP contribution is 2.51. The summed E-state index contributed by atoms with van der Waals surface area (Å²) in [5, 5.41) is 11.3. The lowest BCUT2D eigenvalue weighted by molar-refractivity contribution is -0.313. The number of fused-ring (bicyclic) bond motifs is 1. The number of hydrogen-bond acceptors (Lipinski definition) is 4. The monoisotopic (exact) mass is 302 g/mol. The lowest BCUT2D eigenvalue weighted by atomic mass is 9.77. The molecule has 2 saturated heterocycles. The van der Waals surface area contributed by atoms with Crippen molar-refractivity contribution in [2.24, 2.45) is 11.8 Å². The predicted molar refractivity (Wildman–Crippen MR) is 70.5 cm³/mol. The van der Waals surface area contributed by atoms with E-state index in [4.69, 9.17) is 4.74 Å². The molecule has 4 atom stereocenters. The summed E-state index contributed by atoms with van der Waals surface area (Å²) in [5.74, 6) is -3.50. The smallest absolute Gasteiger partial charge is 0.230 e. The van der Waals surface area contributed by atoms with E-state index in [-0.39, 0.29) is 11.7 Å². The second-order valence-corrected chi connectivity index (χ2v) is 6.04. The van der Waals surface area contributed by atoms with Gasteiger partial charge in [0.2, 0.25) is 5.91 Å². The molecule has 2 fully saturated rings. The molecule has 1 aromatic rings. The third kappa shape index (κ3) is 1.73. The van der Waals surface area contributed by atoms with Crippen LogP contribution in [0.15, 0.2) is 36.4 Å². The zero-order valence-corrected chi connectivity index (χ0v) is 11.6. The first kappa shape index (κ1) is 13.5. The molecule has 3 aliphatic rings. The van der Waals surface area contributed by atoms with Gasteiger partial charge in [-0.3, -0.25) is 4.79 Å². The van der Waals surface area contributed by atoms with Crippen molar-refractivity contribution in [1.82, 2.24) is 4.90 Å². The molecule has 0 radical (unpaired) electrons. The summed E-state index contributed by atoms with van der Waals surface area (Å²) in [6.45, 7) is 0.615. The Balaban J connectivity index is 1.61.